The first-order valence-electron chi connectivity index (χ1n) is 5.31. The first kappa shape index (κ1) is 12.2. The molecule has 19 heavy (non-hydrogen) atoms. The molecule has 0 unspecified atom stereocenters. The van der Waals surface area contributed by atoms with Crippen molar-refractivity contribution < 1.29 is 13.2 Å². The lowest BCUT2D eigenvalue weighted by atomic mass is 10.2. The summed E-state index contributed by atoms with van der Waals surface area (Å²) in [5.41, 5.74) is 0.263. The zero-order chi connectivity index (χ0) is 13.6. The maximum Gasteiger partial charge on any atom is 0.396 e. The molecule has 0 amide bonds. The lowest BCUT2D eigenvalue weighted by molar-refractivity contribution is -0.128. The van der Waals surface area contributed by atoms with Gasteiger partial charge in [0.25, 0.3) is 0 Å². The van der Waals surface area contributed by atoms with Crippen molar-refractivity contribution in [3.8, 4) is 0 Å². The van der Waals surface area contributed by atoms with Gasteiger partial charge in [-0.1, -0.05) is 35.9 Å². The second kappa shape index (κ2) is 4.06. The number of benzene rings is 1. The summed E-state index contributed by atoms with van der Waals surface area (Å²) < 4.78 is 38.3. The minimum absolute atomic E-state index is 0.117. The Morgan fingerprint density at radius 3 is 2.47 bits per heavy atom. The smallest absolute Gasteiger partial charge is 0.195 e. The molecule has 0 spiro atoms. The van der Waals surface area contributed by atoms with E-state index in [2.05, 4.69) is 15.3 Å². The van der Waals surface area contributed by atoms with E-state index < -0.39 is 12.6 Å². The number of alkyl halides is 3. The molecule has 2 heterocycles. The minimum atomic E-state index is -4.37. The molecule has 0 fully saturated rings. The van der Waals surface area contributed by atoms with Crippen molar-refractivity contribution in [3.05, 3.63) is 35.2 Å². The first-order chi connectivity index (χ1) is 8.96. The molecule has 8 heteroatoms. The molecule has 0 saturated heterocycles. The van der Waals surface area contributed by atoms with Crippen LogP contribution in [0, 0.1) is 0 Å². The Bertz CT molecular complexity index is 766. The number of halogens is 4. The van der Waals surface area contributed by atoms with Crippen LogP contribution >= 0.6 is 11.6 Å². The van der Waals surface area contributed by atoms with Gasteiger partial charge in [-0.15, -0.1) is 10.2 Å². The lowest BCUT2D eigenvalue weighted by Crippen LogP contribution is -2.15. The number of hydrogen-bond acceptors (Lipinski definition) is 3. The molecule has 2 aromatic heterocycles. The summed E-state index contributed by atoms with van der Waals surface area (Å²) in [6, 6.07) is 6.95. The van der Waals surface area contributed by atoms with Crippen molar-refractivity contribution in [3.63, 3.8) is 0 Å². The number of hydrogen-bond donors (Lipinski definition) is 0. The van der Waals surface area contributed by atoms with Crippen molar-refractivity contribution in [2.45, 2.75) is 12.6 Å². The molecule has 3 aromatic rings. The number of rotatable bonds is 1. The maximum absolute atomic E-state index is 12.4. The molecule has 0 aliphatic carbocycles. The van der Waals surface area contributed by atoms with Gasteiger partial charge in [0, 0.05) is 10.8 Å². The minimum Gasteiger partial charge on any atom is -0.195 e. The van der Waals surface area contributed by atoms with Crippen LogP contribution in [0.1, 0.15) is 5.82 Å². The molecule has 4 nitrogen and oxygen atoms in total. The topological polar surface area (TPSA) is 43.1 Å². The lowest BCUT2D eigenvalue weighted by Gasteiger charge is -2.05. The highest BCUT2D eigenvalue weighted by Crippen LogP contribution is 2.26. The molecule has 0 saturated carbocycles. The molecule has 3 rings (SSSR count). The van der Waals surface area contributed by atoms with Crippen molar-refractivity contribution in [2.75, 3.05) is 0 Å². The molecular formula is C11H6ClF3N4. The van der Waals surface area contributed by atoms with E-state index in [0.717, 1.165) is 4.52 Å². The molecule has 1 aromatic carbocycles. The van der Waals surface area contributed by atoms with E-state index in [1.807, 2.05) is 0 Å². The summed E-state index contributed by atoms with van der Waals surface area (Å²) in [7, 11) is 0. The highest BCUT2D eigenvalue weighted by Gasteiger charge is 2.31. The fraction of sp³-hybridized carbons (Fsp3) is 0.182. The Labute approximate surface area is 109 Å². The second-order valence-electron chi connectivity index (χ2n) is 3.98. The number of nitrogens with zero attached hydrogens (tertiary/aromatic N) is 4. The normalized spacial score (nSPS) is 12.4. The van der Waals surface area contributed by atoms with E-state index in [0.29, 0.717) is 10.8 Å². The Kier molecular flexibility index (Phi) is 2.60. The molecule has 0 bridgehead atoms. The number of fused-ring (bicyclic) bond motifs is 3. The second-order valence-corrected chi connectivity index (χ2v) is 4.34. The van der Waals surface area contributed by atoms with Gasteiger partial charge in [-0.25, -0.2) is 0 Å². The van der Waals surface area contributed by atoms with Gasteiger partial charge in [-0.2, -0.15) is 22.8 Å². The fourth-order valence-electron chi connectivity index (χ4n) is 1.87. The quantitative estimate of drug-likeness (QED) is 0.690. The average molecular weight is 287 g/mol. The Balaban J connectivity index is 2.30. The third-order valence-electron chi connectivity index (χ3n) is 2.64. The third kappa shape index (κ3) is 2.10. The van der Waals surface area contributed by atoms with Gasteiger partial charge in [-0.3, -0.25) is 0 Å². The van der Waals surface area contributed by atoms with Crippen LogP contribution in [0.15, 0.2) is 24.3 Å². The maximum atomic E-state index is 12.4. The van der Waals surface area contributed by atoms with Gasteiger partial charge in [-0.05, 0) is 0 Å². The molecule has 0 N–H and O–H groups in total. The van der Waals surface area contributed by atoms with Crippen LogP contribution in [-0.4, -0.2) is 26.0 Å². The van der Waals surface area contributed by atoms with Crippen molar-refractivity contribution in [1.82, 2.24) is 19.8 Å². The molecule has 98 valence electrons. The summed E-state index contributed by atoms with van der Waals surface area (Å²) in [6.07, 6.45) is -5.57. The van der Waals surface area contributed by atoms with Crippen molar-refractivity contribution in [1.29, 1.82) is 0 Å². The van der Waals surface area contributed by atoms with E-state index in [1.165, 1.54) is 0 Å². The predicted octanol–water partition coefficient (Wildman–Crippen LogP) is 3.04. The van der Waals surface area contributed by atoms with Gasteiger partial charge in [0.05, 0.1) is 0 Å². The monoisotopic (exact) mass is 286 g/mol. The van der Waals surface area contributed by atoms with Gasteiger partial charge < -0.3 is 0 Å². The van der Waals surface area contributed by atoms with Gasteiger partial charge in [0.1, 0.15) is 6.42 Å². The van der Waals surface area contributed by atoms with Crippen LogP contribution in [0.3, 0.4) is 0 Å². The molecule has 0 radical (unpaired) electrons. The summed E-state index contributed by atoms with van der Waals surface area (Å²) in [6.45, 7) is 0. The van der Waals surface area contributed by atoms with E-state index in [4.69, 9.17) is 11.6 Å². The predicted molar refractivity (Wildman–Crippen MR) is 63.1 cm³/mol. The standard InChI is InChI=1S/C11H6ClF3N4/c12-9-6-3-1-2-4-7(6)10-17-16-8(19(10)18-9)5-11(13,14)15/h1-4H,5H2. The summed E-state index contributed by atoms with van der Waals surface area (Å²) in [5, 5.41) is 12.6. The summed E-state index contributed by atoms with van der Waals surface area (Å²) in [5.74, 6) is -0.282. The zero-order valence-electron chi connectivity index (χ0n) is 9.32. The fourth-order valence-corrected chi connectivity index (χ4v) is 2.11. The van der Waals surface area contributed by atoms with Gasteiger partial charge in [0.15, 0.2) is 16.6 Å². The van der Waals surface area contributed by atoms with Gasteiger partial charge in [0.2, 0.25) is 0 Å². The zero-order valence-corrected chi connectivity index (χ0v) is 10.1. The van der Waals surface area contributed by atoms with Crippen molar-refractivity contribution in [2.24, 2.45) is 0 Å². The highest BCUT2D eigenvalue weighted by atomic mass is 35.5. The van der Waals surface area contributed by atoms with Crippen LogP contribution in [-0.2, 0) is 6.42 Å². The molecule has 0 atom stereocenters. The van der Waals surface area contributed by atoms with Gasteiger partial charge >= 0.3 is 6.18 Å². The van der Waals surface area contributed by atoms with E-state index in [1.54, 1.807) is 24.3 Å². The van der Waals surface area contributed by atoms with Crippen LogP contribution < -0.4 is 0 Å². The third-order valence-corrected chi connectivity index (χ3v) is 2.92. The van der Waals surface area contributed by atoms with Crippen molar-refractivity contribution >= 4 is 28.0 Å². The SMILES string of the molecule is FC(F)(F)Cc1nnc2c3ccccc3c(Cl)nn12. The van der Waals surface area contributed by atoms with Crippen LogP contribution in [0.5, 0.6) is 0 Å². The van der Waals surface area contributed by atoms with Crippen LogP contribution in [0.25, 0.3) is 16.4 Å². The number of aromatic nitrogens is 4. The molecular weight excluding hydrogens is 281 g/mol. The molecule has 0 aliphatic heterocycles. The Hall–Kier alpha value is -1.89. The Morgan fingerprint density at radius 2 is 1.79 bits per heavy atom. The highest BCUT2D eigenvalue weighted by molar-refractivity contribution is 6.34. The van der Waals surface area contributed by atoms with E-state index in [-0.39, 0.29) is 16.6 Å². The van der Waals surface area contributed by atoms with E-state index in [9.17, 15) is 13.2 Å². The largest absolute Gasteiger partial charge is 0.396 e. The van der Waals surface area contributed by atoms with Crippen LogP contribution in [0.2, 0.25) is 5.15 Å². The van der Waals surface area contributed by atoms with Crippen LogP contribution in [0.4, 0.5) is 13.2 Å². The summed E-state index contributed by atoms with van der Waals surface area (Å²) in [4.78, 5) is 0. The average Bonchev–Trinajstić information content (AvgIpc) is 2.71. The summed E-state index contributed by atoms with van der Waals surface area (Å²) >= 11 is 5.97. The first-order valence-corrected chi connectivity index (χ1v) is 5.69. The molecule has 0 aliphatic rings. The van der Waals surface area contributed by atoms with E-state index >= 15 is 0 Å². The Morgan fingerprint density at radius 1 is 1.11 bits per heavy atom.